The standard InChI is InChI=1S/C52H76Cl2N6O6/c1-27-21-33(47(5,6)7)39(34(22-27)48(8,9)10)65-45(61)51(63)43-55-41(31-17-19-37(53)29(3)25-31)58-60(43)52(64,44-56-42(57-59(44)51)32-18-20-38(54)30(4)26-32)46(62)66-40-35(49(11,12)13)23-28(2)24-36(40)50(14,15)16/h17-20,25-28,33-36,39-40,43-44,63-64H,21-24H2,1-16H3,(H,55,58)(H,56,57). The van der Waals surface area contributed by atoms with Gasteiger partial charge in [0.05, 0.1) is 0 Å². The molecule has 0 spiro atoms. The van der Waals surface area contributed by atoms with Crippen molar-refractivity contribution in [2.24, 2.45) is 67.2 Å². The van der Waals surface area contributed by atoms with Crippen molar-refractivity contribution in [3.63, 3.8) is 0 Å². The van der Waals surface area contributed by atoms with E-state index in [1.54, 1.807) is 24.3 Å². The number of aliphatic hydroxyl groups is 2. The number of aryl methyl sites for hydroxylation is 2. The Morgan fingerprint density at radius 2 is 0.879 bits per heavy atom. The first-order chi connectivity index (χ1) is 30.3. The van der Waals surface area contributed by atoms with E-state index in [1.165, 1.54) is 0 Å². The maximum atomic E-state index is 15.7. The van der Waals surface area contributed by atoms with Crippen LogP contribution in [0.2, 0.25) is 10.0 Å². The summed E-state index contributed by atoms with van der Waals surface area (Å²) in [5.41, 5.74) is 2.59. The van der Waals surface area contributed by atoms with E-state index in [-0.39, 0.29) is 57.0 Å². The number of halogens is 2. The first kappa shape index (κ1) is 50.6. The van der Waals surface area contributed by atoms with Crippen LogP contribution in [0.3, 0.4) is 0 Å². The second-order valence-corrected chi connectivity index (χ2v) is 25.6. The van der Waals surface area contributed by atoms with Gasteiger partial charge in [-0.15, -0.1) is 10.0 Å². The van der Waals surface area contributed by atoms with Gasteiger partial charge in [0.2, 0.25) is 0 Å². The summed E-state index contributed by atoms with van der Waals surface area (Å²) in [7, 11) is 0. The highest BCUT2D eigenvalue weighted by Crippen LogP contribution is 2.53. The number of hydrogen-bond donors (Lipinski definition) is 4. The van der Waals surface area contributed by atoms with Gasteiger partial charge in [-0.05, 0) is 121 Å². The lowest BCUT2D eigenvalue weighted by Gasteiger charge is -2.55. The second kappa shape index (κ2) is 17.3. The smallest absolute Gasteiger partial charge is 0.359 e. The third kappa shape index (κ3) is 9.05. The van der Waals surface area contributed by atoms with Gasteiger partial charge in [0.15, 0.2) is 12.3 Å². The third-order valence-electron chi connectivity index (χ3n) is 15.5. The summed E-state index contributed by atoms with van der Waals surface area (Å²) in [6, 6.07) is 10.6. The Hall–Kier alpha value is -3.26. The lowest BCUT2D eigenvalue weighted by Crippen LogP contribution is -2.85. The number of benzene rings is 2. The molecule has 2 saturated carbocycles. The molecule has 0 radical (unpaired) electrons. The van der Waals surface area contributed by atoms with Gasteiger partial charge in [0, 0.05) is 44.8 Å². The molecule has 14 heteroatoms. The van der Waals surface area contributed by atoms with E-state index in [9.17, 15) is 10.2 Å². The minimum Gasteiger partial charge on any atom is -0.458 e. The molecule has 0 bridgehead atoms. The van der Waals surface area contributed by atoms with Crippen molar-refractivity contribution in [2.75, 3.05) is 0 Å². The maximum Gasteiger partial charge on any atom is 0.359 e. The van der Waals surface area contributed by atoms with Crippen LogP contribution in [0.5, 0.6) is 0 Å². The van der Waals surface area contributed by atoms with E-state index < -0.39 is 47.9 Å². The molecule has 2 aromatic rings. The number of fused-ring (bicyclic) bond motifs is 2. The quantitative estimate of drug-likeness (QED) is 0.206. The van der Waals surface area contributed by atoms with Crippen LogP contribution in [0.4, 0.5) is 0 Å². The summed E-state index contributed by atoms with van der Waals surface area (Å²) in [5.74, 6) is -1.07. The fourth-order valence-corrected chi connectivity index (χ4v) is 11.8. The van der Waals surface area contributed by atoms with Crippen molar-refractivity contribution in [3.05, 3.63) is 68.7 Å². The number of nitrogens with zero attached hydrogens (tertiary/aromatic N) is 4. The predicted octanol–water partition coefficient (Wildman–Crippen LogP) is 9.82. The van der Waals surface area contributed by atoms with E-state index in [4.69, 9.17) is 42.7 Å². The molecule has 2 aliphatic carbocycles. The number of carbonyl (C=O) groups is 2. The number of esters is 2. The van der Waals surface area contributed by atoms with E-state index in [2.05, 4.69) is 108 Å². The van der Waals surface area contributed by atoms with E-state index >= 15 is 9.59 Å². The number of ether oxygens (including phenoxy) is 2. The Labute approximate surface area is 403 Å². The highest BCUT2D eigenvalue weighted by molar-refractivity contribution is 6.31. The molecule has 12 nitrogen and oxygen atoms in total. The summed E-state index contributed by atoms with van der Waals surface area (Å²) in [6.45, 7) is 34.2. The average molecular weight is 952 g/mol. The van der Waals surface area contributed by atoms with Gasteiger partial charge >= 0.3 is 11.9 Å². The van der Waals surface area contributed by atoms with Crippen molar-refractivity contribution < 1.29 is 29.3 Å². The number of hydrazine groups is 2. The van der Waals surface area contributed by atoms with Gasteiger partial charge < -0.3 is 19.7 Å². The molecule has 2 aromatic carbocycles. The molecule has 5 aliphatic rings. The van der Waals surface area contributed by atoms with Gasteiger partial charge in [-0.3, -0.25) is 10.9 Å². The van der Waals surface area contributed by atoms with Crippen LogP contribution < -0.4 is 10.9 Å². The zero-order valence-corrected chi connectivity index (χ0v) is 43.7. The Morgan fingerprint density at radius 1 is 0.591 bits per heavy atom. The van der Waals surface area contributed by atoms with Gasteiger partial charge in [-0.1, -0.05) is 120 Å². The Bertz CT molecular complexity index is 2070. The number of hydrogen-bond acceptors (Lipinski definition) is 12. The SMILES string of the molecule is Cc1cc(C2=NC3N(N2)C(O)(C(=O)OC2C(C(C)(C)C)CC(C)CC2C(C)(C)C)C2N=C(c4ccc(Cl)c(C)c4)NN2C3(O)C(=O)OC2C(C(C)(C)C)CC(C)CC2C(C)(C)C)ccc1Cl. The largest absolute Gasteiger partial charge is 0.458 e. The highest BCUT2D eigenvalue weighted by Gasteiger charge is 2.75. The molecule has 66 heavy (non-hydrogen) atoms. The monoisotopic (exact) mass is 951 g/mol. The number of rotatable bonds is 6. The van der Waals surface area contributed by atoms with Crippen molar-refractivity contribution in [3.8, 4) is 0 Å². The average Bonchev–Trinajstić information content (AvgIpc) is 3.86. The van der Waals surface area contributed by atoms with Crippen molar-refractivity contribution in [1.29, 1.82) is 0 Å². The molecule has 8 atom stereocenters. The molecule has 0 amide bonds. The normalized spacial score (nSPS) is 34.4. The number of carbonyl (C=O) groups excluding carboxylic acids is 2. The minimum atomic E-state index is -2.70. The fourth-order valence-electron chi connectivity index (χ4n) is 11.5. The van der Waals surface area contributed by atoms with Crippen LogP contribution in [0.25, 0.3) is 0 Å². The Kier molecular flexibility index (Phi) is 13.3. The van der Waals surface area contributed by atoms with Gasteiger partial charge in [-0.25, -0.2) is 19.6 Å². The zero-order valence-electron chi connectivity index (χ0n) is 42.1. The summed E-state index contributed by atoms with van der Waals surface area (Å²) < 4.78 is 13.6. The van der Waals surface area contributed by atoms with Gasteiger partial charge in [-0.2, -0.15) is 0 Å². The van der Waals surface area contributed by atoms with Crippen LogP contribution >= 0.6 is 23.2 Å². The molecule has 1 saturated heterocycles. The molecule has 3 heterocycles. The van der Waals surface area contributed by atoms with Crippen LogP contribution in [0, 0.1) is 71.0 Å². The minimum absolute atomic E-state index is 0.0571. The highest BCUT2D eigenvalue weighted by atomic mass is 35.5. The summed E-state index contributed by atoms with van der Waals surface area (Å²) in [4.78, 5) is 41.3. The molecule has 3 fully saturated rings. The maximum absolute atomic E-state index is 15.7. The van der Waals surface area contributed by atoms with E-state index in [0.717, 1.165) is 46.8 Å². The van der Waals surface area contributed by atoms with Crippen LogP contribution in [-0.4, -0.2) is 79.8 Å². The second-order valence-electron chi connectivity index (χ2n) is 24.8. The third-order valence-corrected chi connectivity index (χ3v) is 16.4. The summed E-state index contributed by atoms with van der Waals surface area (Å²) in [5, 5.41) is 30.7. The van der Waals surface area contributed by atoms with E-state index in [1.807, 2.05) is 26.0 Å². The number of nitrogens with one attached hydrogen (secondary N) is 2. The molecular formula is C52H76Cl2N6O6. The van der Waals surface area contributed by atoms with Crippen molar-refractivity contribution in [2.45, 2.75) is 172 Å². The number of aliphatic imine (C=N–C) groups is 2. The topological polar surface area (TPSA) is 148 Å². The summed E-state index contributed by atoms with van der Waals surface area (Å²) >= 11 is 13.0. The zero-order chi connectivity index (χ0) is 49.0. The van der Waals surface area contributed by atoms with Crippen LogP contribution in [0.1, 0.15) is 145 Å². The lowest BCUT2D eigenvalue weighted by molar-refractivity contribution is -0.308. The predicted molar refractivity (Wildman–Crippen MR) is 261 cm³/mol. The number of piperazine rings is 1. The molecular weight excluding hydrogens is 876 g/mol. The Balaban J connectivity index is 1.42. The van der Waals surface area contributed by atoms with Gasteiger partial charge in [0.1, 0.15) is 23.9 Å². The molecule has 3 aliphatic heterocycles. The van der Waals surface area contributed by atoms with E-state index in [0.29, 0.717) is 33.0 Å². The first-order valence-corrected chi connectivity index (χ1v) is 24.7. The molecule has 7 rings (SSSR count). The first-order valence-electron chi connectivity index (χ1n) is 23.9. The Morgan fingerprint density at radius 3 is 1.14 bits per heavy atom. The molecule has 8 unspecified atom stereocenters. The van der Waals surface area contributed by atoms with Crippen LogP contribution in [0.15, 0.2) is 46.4 Å². The number of amidine groups is 2. The fraction of sp³-hybridized carbons (Fsp3) is 0.692. The van der Waals surface area contributed by atoms with Crippen molar-refractivity contribution in [1.82, 2.24) is 20.9 Å². The van der Waals surface area contributed by atoms with Crippen LogP contribution in [-0.2, 0) is 19.1 Å². The lowest BCUT2D eigenvalue weighted by atomic mass is 9.59. The summed E-state index contributed by atoms with van der Waals surface area (Å²) in [6.07, 6.45) is -1.23. The molecule has 4 N–H and O–H groups in total. The van der Waals surface area contributed by atoms with Crippen molar-refractivity contribution >= 4 is 46.8 Å². The van der Waals surface area contributed by atoms with Gasteiger partial charge in [0.25, 0.3) is 11.4 Å². The molecule has 0 aromatic heterocycles. The molecule has 364 valence electrons.